The van der Waals surface area contributed by atoms with E-state index in [2.05, 4.69) is 10.3 Å². The maximum Gasteiger partial charge on any atom is 0.412 e. The minimum absolute atomic E-state index is 0.0421. The average Bonchev–Trinajstić information content (AvgIpc) is 3.04. The second-order valence-corrected chi connectivity index (χ2v) is 6.20. The quantitative estimate of drug-likeness (QED) is 0.814. The predicted molar refractivity (Wildman–Crippen MR) is 95.0 cm³/mol. The lowest BCUT2D eigenvalue weighted by Crippen LogP contribution is -2.27. The molecule has 0 bridgehead atoms. The molecule has 0 spiro atoms. The number of amidine groups is 1. The predicted octanol–water partition coefficient (Wildman–Crippen LogP) is 4.05. The first-order valence-corrected chi connectivity index (χ1v) is 8.35. The molecule has 1 heterocycles. The largest absolute Gasteiger partial charge is 0.463 e. The zero-order valence-electron chi connectivity index (χ0n) is 14.0. The van der Waals surface area contributed by atoms with Gasteiger partial charge in [0.05, 0.1) is 6.04 Å². The number of aryl methyl sites for hydroxylation is 1. The Morgan fingerprint density at radius 3 is 2.38 bits per heavy atom. The van der Waals surface area contributed by atoms with Crippen LogP contribution in [0.3, 0.4) is 0 Å². The van der Waals surface area contributed by atoms with Gasteiger partial charge in [-0.2, -0.15) is 13.2 Å². The first kappa shape index (κ1) is 18.1. The molecule has 2 atom stereocenters. The highest BCUT2D eigenvalue weighted by Gasteiger charge is 2.40. The van der Waals surface area contributed by atoms with E-state index in [0.717, 1.165) is 18.4 Å². The SMILES string of the molecule is NC1=N[C@@H](CCc2ccc(N[C@@H](c3ccccc3)C(F)(F)F)cc2)CO1. The van der Waals surface area contributed by atoms with E-state index >= 15 is 0 Å². The van der Waals surface area contributed by atoms with Gasteiger partial charge in [0.25, 0.3) is 6.02 Å². The molecule has 0 saturated carbocycles. The highest BCUT2D eigenvalue weighted by atomic mass is 19.4. The molecule has 26 heavy (non-hydrogen) atoms. The molecule has 4 nitrogen and oxygen atoms in total. The highest BCUT2D eigenvalue weighted by molar-refractivity contribution is 5.73. The van der Waals surface area contributed by atoms with Crippen molar-refractivity contribution in [1.29, 1.82) is 0 Å². The van der Waals surface area contributed by atoms with Gasteiger partial charge in [0.2, 0.25) is 0 Å². The van der Waals surface area contributed by atoms with Gasteiger partial charge >= 0.3 is 6.18 Å². The van der Waals surface area contributed by atoms with Gasteiger partial charge in [-0.25, -0.2) is 4.99 Å². The smallest absolute Gasteiger partial charge is 0.412 e. The maximum absolute atomic E-state index is 13.4. The number of halogens is 3. The molecular formula is C19H20F3N3O. The van der Waals surface area contributed by atoms with Gasteiger partial charge in [0.1, 0.15) is 12.6 Å². The van der Waals surface area contributed by atoms with Crippen LogP contribution in [0.15, 0.2) is 59.6 Å². The Balaban J connectivity index is 1.63. The standard InChI is InChI=1S/C19H20F3N3O/c20-19(21,22)17(14-4-2-1-3-5-14)24-15-9-6-13(7-10-15)8-11-16-12-26-18(23)25-16/h1-7,9-10,16-17,24H,8,11-12H2,(H2,23,25)/t16-,17-/m0/s1. The summed E-state index contributed by atoms with van der Waals surface area (Å²) in [4.78, 5) is 4.16. The number of ether oxygens (including phenoxy) is 1. The number of benzene rings is 2. The molecule has 3 rings (SSSR count). The van der Waals surface area contributed by atoms with Crippen molar-refractivity contribution in [1.82, 2.24) is 0 Å². The molecule has 3 N–H and O–H groups in total. The number of alkyl halides is 3. The van der Waals surface area contributed by atoms with Gasteiger partial charge in [-0.15, -0.1) is 0 Å². The van der Waals surface area contributed by atoms with Crippen molar-refractivity contribution in [3.63, 3.8) is 0 Å². The first-order valence-electron chi connectivity index (χ1n) is 8.35. The number of nitrogens with zero attached hydrogens (tertiary/aromatic N) is 1. The number of hydrogen-bond donors (Lipinski definition) is 2. The van der Waals surface area contributed by atoms with Crippen LogP contribution in [-0.2, 0) is 11.2 Å². The number of aliphatic imine (C=N–C) groups is 1. The van der Waals surface area contributed by atoms with Crippen molar-refractivity contribution in [3.05, 3.63) is 65.7 Å². The summed E-state index contributed by atoms with van der Waals surface area (Å²) in [5.41, 5.74) is 7.10. The molecule has 0 amide bonds. The van der Waals surface area contributed by atoms with Gasteiger partial charge in [-0.05, 0) is 36.1 Å². The minimum Gasteiger partial charge on any atom is -0.463 e. The van der Waals surface area contributed by atoms with Crippen LogP contribution in [0.1, 0.15) is 23.6 Å². The topological polar surface area (TPSA) is 59.6 Å². The Morgan fingerprint density at radius 2 is 1.81 bits per heavy atom. The molecule has 0 fully saturated rings. The van der Waals surface area contributed by atoms with E-state index in [4.69, 9.17) is 10.5 Å². The fraction of sp³-hybridized carbons (Fsp3) is 0.316. The zero-order valence-corrected chi connectivity index (χ0v) is 14.0. The third kappa shape index (κ3) is 4.68. The molecule has 2 aromatic carbocycles. The van der Waals surface area contributed by atoms with Crippen molar-refractivity contribution >= 4 is 11.7 Å². The summed E-state index contributed by atoms with van der Waals surface area (Å²) in [5, 5.41) is 2.58. The second kappa shape index (κ2) is 7.68. The van der Waals surface area contributed by atoms with Gasteiger partial charge in [-0.3, -0.25) is 0 Å². The van der Waals surface area contributed by atoms with Crippen LogP contribution >= 0.6 is 0 Å². The zero-order chi connectivity index (χ0) is 18.6. The Kier molecular flexibility index (Phi) is 5.35. The molecule has 0 saturated heterocycles. The van der Waals surface area contributed by atoms with Gasteiger partial charge in [-0.1, -0.05) is 42.5 Å². The summed E-state index contributed by atoms with van der Waals surface area (Å²) in [7, 11) is 0. The van der Waals surface area contributed by atoms with E-state index in [0.29, 0.717) is 12.3 Å². The van der Waals surface area contributed by atoms with Gasteiger partial charge < -0.3 is 15.8 Å². The summed E-state index contributed by atoms with van der Waals surface area (Å²) < 4.78 is 45.3. The monoisotopic (exact) mass is 363 g/mol. The Hall–Kier alpha value is -2.70. The van der Waals surface area contributed by atoms with Crippen LogP contribution in [-0.4, -0.2) is 24.8 Å². The van der Waals surface area contributed by atoms with Gasteiger partial charge in [0.15, 0.2) is 0 Å². The van der Waals surface area contributed by atoms with E-state index in [1.54, 1.807) is 30.3 Å². The molecule has 2 aromatic rings. The van der Waals surface area contributed by atoms with Crippen molar-refractivity contribution < 1.29 is 17.9 Å². The van der Waals surface area contributed by atoms with Crippen LogP contribution in [0.2, 0.25) is 0 Å². The summed E-state index contributed by atoms with van der Waals surface area (Å²) >= 11 is 0. The molecule has 0 aromatic heterocycles. The number of rotatable bonds is 6. The Labute approximate surface area is 149 Å². The van der Waals surface area contributed by atoms with E-state index in [1.165, 1.54) is 12.1 Å². The second-order valence-electron chi connectivity index (χ2n) is 6.20. The molecule has 138 valence electrons. The Bertz CT molecular complexity index is 745. The fourth-order valence-corrected chi connectivity index (χ4v) is 2.85. The van der Waals surface area contributed by atoms with Crippen molar-refractivity contribution in [2.24, 2.45) is 10.7 Å². The first-order chi connectivity index (χ1) is 12.4. The van der Waals surface area contributed by atoms with Crippen LogP contribution < -0.4 is 11.1 Å². The summed E-state index contributed by atoms with van der Waals surface area (Å²) in [5.74, 6) is 0. The van der Waals surface area contributed by atoms with E-state index in [1.807, 2.05) is 12.1 Å². The van der Waals surface area contributed by atoms with Crippen LogP contribution in [0.5, 0.6) is 0 Å². The van der Waals surface area contributed by atoms with Crippen LogP contribution in [0, 0.1) is 0 Å². The van der Waals surface area contributed by atoms with Crippen molar-refractivity contribution in [2.75, 3.05) is 11.9 Å². The molecule has 0 aliphatic carbocycles. The van der Waals surface area contributed by atoms with Crippen LogP contribution in [0.25, 0.3) is 0 Å². The lowest BCUT2D eigenvalue weighted by molar-refractivity contribution is -0.144. The number of nitrogens with one attached hydrogen (secondary N) is 1. The molecule has 0 unspecified atom stereocenters. The molecular weight excluding hydrogens is 343 g/mol. The lowest BCUT2D eigenvalue weighted by Gasteiger charge is -2.23. The van der Waals surface area contributed by atoms with Crippen molar-refractivity contribution in [3.8, 4) is 0 Å². The molecule has 1 aliphatic heterocycles. The number of hydrogen-bond acceptors (Lipinski definition) is 4. The summed E-state index contributed by atoms with van der Waals surface area (Å²) in [6.45, 7) is 0.482. The van der Waals surface area contributed by atoms with E-state index < -0.39 is 12.2 Å². The van der Waals surface area contributed by atoms with Gasteiger partial charge in [0, 0.05) is 5.69 Å². The van der Waals surface area contributed by atoms with Crippen molar-refractivity contribution in [2.45, 2.75) is 31.1 Å². The highest BCUT2D eigenvalue weighted by Crippen LogP contribution is 2.35. The van der Waals surface area contributed by atoms with Crippen LogP contribution in [0.4, 0.5) is 18.9 Å². The third-order valence-corrected chi connectivity index (χ3v) is 4.22. The molecule has 7 heteroatoms. The Morgan fingerprint density at radius 1 is 1.12 bits per heavy atom. The lowest BCUT2D eigenvalue weighted by atomic mass is 10.0. The van der Waals surface area contributed by atoms with E-state index in [-0.39, 0.29) is 17.6 Å². The minimum atomic E-state index is -4.39. The normalized spacial score (nSPS) is 18.1. The average molecular weight is 363 g/mol. The molecule has 1 aliphatic rings. The fourth-order valence-electron chi connectivity index (χ4n) is 2.85. The number of nitrogens with two attached hydrogens (primary N) is 1. The summed E-state index contributed by atoms with van der Waals surface area (Å²) in [6.07, 6.45) is -2.85. The third-order valence-electron chi connectivity index (χ3n) is 4.22. The number of anilines is 1. The van der Waals surface area contributed by atoms with E-state index in [9.17, 15) is 13.2 Å². The maximum atomic E-state index is 13.4. The summed E-state index contributed by atoms with van der Waals surface area (Å²) in [6, 6.07) is 13.3. The molecule has 0 radical (unpaired) electrons.